The molecule has 0 radical (unpaired) electrons. The summed E-state index contributed by atoms with van der Waals surface area (Å²) in [7, 11) is 1.26. The van der Waals surface area contributed by atoms with Gasteiger partial charge in [0.25, 0.3) is 5.24 Å². The Bertz CT molecular complexity index is 280. The van der Waals surface area contributed by atoms with Gasteiger partial charge in [-0.05, 0) is 0 Å². The Hall–Kier alpha value is -0.560. The number of rotatable bonds is 3. The lowest BCUT2D eigenvalue weighted by atomic mass is 10.3. The van der Waals surface area contributed by atoms with Crippen molar-refractivity contribution < 1.29 is 19.1 Å². The minimum absolute atomic E-state index is 0.0251. The molecular weight excluding hydrogens is 286 g/mol. The first-order chi connectivity index (χ1) is 7.06. The summed E-state index contributed by atoms with van der Waals surface area (Å²) in [5, 5.41) is -0.306. The van der Waals surface area contributed by atoms with Gasteiger partial charge in [-0.3, -0.25) is 19.3 Å². The molecule has 1 fully saturated rings. The first kappa shape index (κ1) is 12.5. The number of methoxy groups -OCH3 is 1. The largest absolute Gasteiger partial charge is 0.468 e. The van der Waals surface area contributed by atoms with Crippen molar-refractivity contribution in [3.63, 3.8) is 0 Å². The number of thioether (sulfide) groups is 1. The number of hydrogen-bond acceptors (Lipinski definition) is 5. The predicted molar refractivity (Wildman–Crippen MR) is 58.9 cm³/mol. The molecule has 0 spiro atoms. The number of amides is 2. The molecule has 1 heterocycles. The van der Waals surface area contributed by atoms with E-state index in [-0.39, 0.29) is 17.7 Å². The van der Waals surface area contributed by atoms with Gasteiger partial charge in [0.1, 0.15) is 4.83 Å². The van der Waals surface area contributed by atoms with E-state index in [1.54, 1.807) is 0 Å². The zero-order chi connectivity index (χ0) is 11.4. The lowest BCUT2D eigenvalue weighted by Crippen LogP contribution is -2.43. The van der Waals surface area contributed by atoms with Crippen molar-refractivity contribution in [3.8, 4) is 0 Å². The summed E-state index contributed by atoms with van der Waals surface area (Å²) >= 11 is 4.15. The van der Waals surface area contributed by atoms with Crippen molar-refractivity contribution in [2.24, 2.45) is 0 Å². The van der Waals surface area contributed by atoms with E-state index < -0.39 is 10.8 Å². The van der Waals surface area contributed by atoms with E-state index in [0.29, 0.717) is 12.2 Å². The number of carbonyl (C=O) groups excluding carboxylic acids is 3. The molecular formula is C8H10BrNO4S. The molecule has 7 heteroatoms. The van der Waals surface area contributed by atoms with Crippen LogP contribution in [-0.2, 0) is 14.3 Å². The summed E-state index contributed by atoms with van der Waals surface area (Å²) in [6.45, 7) is 0.0251. The molecule has 1 aliphatic rings. The normalized spacial score (nSPS) is 18.9. The third-order valence-corrected chi connectivity index (χ3v) is 3.40. The molecule has 1 atom stereocenters. The Morgan fingerprint density at radius 1 is 1.67 bits per heavy atom. The van der Waals surface area contributed by atoms with Gasteiger partial charge in [-0.1, -0.05) is 27.7 Å². The molecule has 2 amide bonds. The van der Waals surface area contributed by atoms with Crippen molar-refractivity contribution in [2.75, 3.05) is 19.4 Å². The van der Waals surface area contributed by atoms with E-state index in [1.807, 2.05) is 0 Å². The molecule has 1 saturated heterocycles. The van der Waals surface area contributed by atoms with E-state index in [2.05, 4.69) is 20.7 Å². The van der Waals surface area contributed by atoms with Gasteiger partial charge in [0.15, 0.2) is 0 Å². The summed E-state index contributed by atoms with van der Waals surface area (Å²) in [5.41, 5.74) is 0. The SMILES string of the molecule is COC(=O)C(Br)CN1C(=O)CCSC1=O. The van der Waals surface area contributed by atoms with Crippen LogP contribution >= 0.6 is 27.7 Å². The molecule has 0 bridgehead atoms. The fraction of sp³-hybridized carbons (Fsp3) is 0.625. The number of halogens is 1. The highest BCUT2D eigenvalue weighted by atomic mass is 79.9. The van der Waals surface area contributed by atoms with E-state index in [0.717, 1.165) is 16.7 Å². The molecule has 5 nitrogen and oxygen atoms in total. The number of imide groups is 1. The second-order valence-corrected chi connectivity index (χ2v) is 5.01. The minimum Gasteiger partial charge on any atom is -0.468 e. The maximum absolute atomic E-state index is 11.4. The standard InChI is InChI=1S/C8H10BrNO4S/c1-14-7(12)5(9)4-10-6(11)2-3-15-8(10)13/h5H,2-4H2,1H3. The van der Waals surface area contributed by atoms with Crippen LogP contribution in [0.3, 0.4) is 0 Å². The van der Waals surface area contributed by atoms with E-state index >= 15 is 0 Å². The van der Waals surface area contributed by atoms with Crippen molar-refractivity contribution in [1.29, 1.82) is 0 Å². The predicted octanol–water partition coefficient (Wildman–Crippen LogP) is 1.01. The summed E-state index contributed by atoms with van der Waals surface area (Å²) in [6.07, 6.45) is 0.331. The fourth-order valence-corrected chi connectivity index (χ4v) is 2.34. The lowest BCUT2D eigenvalue weighted by Gasteiger charge is -2.25. The average Bonchev–Trinajstić information content (AvgIpc) is 2.22. The highest BCUT2D eigenvalue weighted by molar-refractivity contribution is 9.10. The molecule has 1 rings (SSSR count). The summed E-state index contributed by atoms with van der Waals surface area (Å²) in [4.78, 5) is 34.2. The first-order valence-electron chi connectivity index (χ1n) is 4.25. The molecule has 15 heavy (non-hydrogen) atoms. The Morgan fingerprint density at radius 2 is 2.33 bits per heavy atom. The summed E-state index contributed by atoms with van der Waals surface area (Å²) < 4.78 is 4.48. The van der Waals surface area contributed by atoms with Gasteiger partial charge in [0.05, 0.1) is 13.7 Å². The number of esters is 1. The van der Waals surface area contributed by atoms with Crippen LogP contribution < -0.4 is 0 Å². The smallest absolute Gasteiger partial charge is 0.321 e. The van der Waals surface area contributed by atoms with Crippen LogP contribution in [0.1, 0.15) is 6.42 Å². The van der Waals surface area contributed by atoms with Gasteiger partial charge in [0.2, 0.25) is 5.91 Å². The Morgan fingerprint density at radius 3 is 2.87 bits per heavy atom. The molecule has 84 valence electrons. The molecule has 0 N–H and O–H groups in total. The highest BCUT2D eigenvalue weighted by Gasteiger charge is 2.30. The molecule has 0 aromatic rings. The maximum Gasteiger partial charge on any atom is 0.321 e. The lowest BCUT2D eigenvalue weighted by molar-refractivity contribution is -0.140. The van der Waals surface area contributed by atoms with E-state index in [4.69, 9.17) is 0 Å². The van der Waals surface area contributed by atoms with E-state index in [1.165, 1.54) is 7.11 Å². The number of carbonyl (C=O) groups is 3. The maximum atomic E-state index is 11.4. The first-order valence-corrected chi connectivity index (χ1v) is 6.15. The molecule has 0 aromatic heterocycles. The minimum atomic E-state index is -0.658. The van der Waals surface area contributed by atoms with Gasteiger partial charge < -0.3 is 4.74 Å². The number of nitrogens with zero attached hydrogens (tertiary/aromatic N) is 1. The second kappa shape index (κ2) is 5.50. The van der Waals surface area contributed by atoms with Crippen LogP contribution in [0.5, 0.6) is 0 Å². The van der Waals surface area contributed by atoms with Gasteiger partial charge in [-0.15, -0.1) is 0 Å². The summed E-state index contributed by atoms with van der Waals surface area (Å²) in [6, 6.07) is 0. The van der Waals surface area contributed by atoms with Crippen LogP contribution in [0.15, 0.2) is 0 Å². The molecule has 0 aromatic carbocycles. The Kier molecular flexibility index (Phi) is 4.59. The zero-order valence-corrected chi connectivity index (χ0v) is 10.5. The van der Waals surface area contributed by atoms with Crippen LogP contribution in [0.25, 0.3) is 0 Å². The number of ether oxygens (including phenoxy) is 1. The van der Waals surface area contributed by atoms with Crippen molar-refractivity contribution in [1.82, 2.24) is 4.90 Å². The summed E-state index contributed by atoms with van der Waals surface area (Å²) in [5.74, 6) is -0.224. The molecule has 1 unspecified atom stereocenters. The third kappa shape index (κ3) is 3.20. The topological polar surface area (TPSA) is 63.7 Å². The monoisotopic (exact) mass is 295 g/mol. The number of alkyl halides is 1. The molecule has 0 aliphatic carbocycles. The molecule has 1 aliphatic heterocycles. The van der Waals surface area contributed by atoms with Crippen molar-refractivity contribution in [3.05, 3.63) is 0 Å². The quantitative estimate of drug-likeness (QED) is 0.574. The van der Waals surface area contributed by atoms with Gasteiger partial charge in [0, 0.05) is 12.2 Å². The average molecular weight is 296 g/mol. The second-order valence-electron chi connectivity index (χ2n) is 2.86. The van der Waals surface area contributed by atoms with Gasteiger partial charge in [-0.25, -0.2) is 0 Å². The Balaban J connectivity index is 2.58. The highest BCUT2D eigenvalue weighted by Crippen LogP contribution is 2.20. The van der Waals surface area contributed by atoms with Crippen LogP contribution in [0, 0.1) is 0 Å². The molecule has 0 saturated carbocycles. The van der Waals surface area contributed by atoms with Crippen LogP contribution in [-0.4, -0.2) is 46.3 Å². The van der Waals surface area contributed by atoms with Gasteiger partial charge >= 0.3 is 5.97 Å². The van der Waals surface area contributed by atoms with Crippen molar-refractivity contribution in [2.45, 2.75) is 11.2 Å². The van der Waals surface area contributed by atoms with Gasteiger partial charge in [-0.2, -0.15) is 0 Å². The van der Waals surface area contributed by atoms with Crippen LogP contribution in [0.4, 0.5) is 4.79 Å². The zero-order valence-electron chi connectivity index (χ0n) is 8.07. The van der Waals surface area contributed by atoms with E-state index in [9.17, 15) is 14.4 Å². The number of hydrogen-bond donors (Lipinski definition) is 0. The fourth-order valence-electron chi connectivity index (χ4n) is 1.08. The van der Waals surface area contributed by atoms with Crippen LogP contribution in [0.2, 0.25) is 0 Å². The van der Waals surface area contributed by atoms with Crippen molar-refractivity contribution >= 4 is 44.8 Å². The third-order valence-electron chi connectivity index (χ3n) is 1.86. The Labute approximate surface area is 99.6 Å².